The average Bonchev–Trinajstić information content (AvgIpc) is 3.48. The van der Waals surface area contributed by atoms with Crippen molar-refractivity contribution in [3.05, 3.63) is 67.8 Å². The van der Waals surface area contributed by atoms with E-state index in [4.69, 9.17) is 10.5 Å². The van der Waals surface area contributed by atoms with E-state index in [1.807, 2.05) is 6.07 Å². The van der Waals surface area contributed by atoms with Gasteiger partial charge >= 0.3 is 5.97 Å². The van der Waals surface area contributed by atoms with Crippen LogP contribution in [0.1, 0.15) is 51.7 Å². The lowest BCUT2D eigenvalue weighted by Gasteiger charge is -2.17. The van der Waals surface area contributed by atoms with Crippen LogP contribution in [-0.4, -0.2) is 33.8 Å². The van der Waals surface area contributed by atoms with Crippen LogP contribution in [0.3, 0.4) is 0 Å². The summed E-state index contributed by atoms with van der Waals surface area (Å²) in [6.45, 7) is 3.73. The van der Waals surface area contributed by atoms with E-state index >= 15 is 0 Å². The monoisotopic (exact) mass is 535 g/mol. The number of fused-ring (bicyclic) bond motifs is 1. The first-order chi connectivity index (χ1) is 17.9. The molecular weight excluding hydrogens is 510 g/mol. The van der Waals surface area contributed by atoms with E-state index in [9.17, 15) is 14.4 Å². The smallest absolute Gasteiger partial charge is 0.341 e. The van der Waals surface area contributed by atoms with E-state index in [1.54, 1.807) is 38.1 Å². The van der Waals surface area contributed by atoms with E-state index in [-0.39, 0.29) is 29.8 Å². The Balaban J connectivity index is 1.70. The number of amides is 1. The van der Waals surface area contributed by atoms with Crippen molar-refractivity contribution in [1.29, 1.82) is 0 Å². The van der Waals surface area contributed by atoms with E-state index in [0.717, 1.165) is 36.1 Å². The summed E-state index contributed by atoms with van der Waals surface area (Å²) in [4.78, 5) is 43.7. The first-order valence-corrected chi connectivity index (χ1v) is 13.8. The lowest BCUT2D eigenvalue weighted by molar-refractivity contribution is -0.115. The molecule has 1 aliphatic carbocycles. The number of nitrogens with zero attached hydrogens (tertiary/aromatic N) is 4. The summed E-state index contributed by atoms with van der Waals surface area (Å²) in [6.07, 6.45) is 3.70. The van der Waals surface area contributed by atoms with Crippen molar-refractivity contribution >= 4 is 56.5 Å². The third kappa shape index (κ3) is 4.64. The molecule has 11 heteroatoms. The third-order valence-corrected chi connectivity index (χ3v) is 8.43. The first kappa shape index (κ1) is 25.1. The Hall–Kier alpha value is -3.57. The minimum Gasteiger partial charge on any atom is -0.462 e. The molecule has 1 aliphatic heterocycles. The van der Waals surface area contributed by atoms with Crippen LogP contribution in [-0.2, 0) is 22.4 Å². The van der Waals surface area contributed by atoms with Crippen molar-refractivity contribution in [2.24, 2.45) is 15.2 Å². The number of carbonyl (C=O) groups is 2. The summed E-state index contributed by atoms with van der Waals surface area (Å²) in [5.41, 5.74) is 9.02. The van der Waals surface area contributed by atoms with Gasteiger partial charge in [-0.3, -0.25) is 14.2 Å². The number of ether oxygens (including phenoxy) is 1. The molecule has 3 heterocycles. The molecule has 3 aromatic rings. The molecule has 0 bridgehead atoms. The van der Waals surface area contributed by atoms with E-state index < -0.39 is 11.5 Å². The summed E-state index contributed by atoms with van der Waals surface area (Å²) in [5, 5.41) is 9.69. The summed E-state index contributed by atoms with van der Waals surface area (Å²) < 4.78 is 6.67. The maximum atomic E-state index is 13.7. The van der Waals surface area contributed by atoms with Crippen LogP contribution < -0.4 is 11.3 Å². The fourth-order valence-corrected chi connectivity index (χ4v) is 6.68. The topological polar surface area (TPSA) is 128 Å². The largest absolute Gasteiger partial charge is 0.462 e. The number of azo groups is 1. The van der Waals surface area contributed by atoms with Crippen LogP contribution in [0, 0.1) is 6.92 Å². The molecule has 1 aromatic carbocycles. The number of nitrogen functional groups attached to an aromatic ring is 1. The van der Waals surface area contributed by atoms with Gasteiger partial charge in [0, 0.05) is 4.88 Å². The highest BCUT2D eigenvalue weighted by Crippen LogP contribution is 2.41. The van der Waals surface area contributed by atoms with Crippen LogP contribution in [0.25, 0.3) is 5.69 Å². The van der Waals surface area contributed by atoms with Crippen molar-refractivity contribution in [3.63, 3.8) is 0 Å². The van der Waals surface area contributed by atoms with Crippen molar-refractivity contribution < 1.29 is 14.3 Å². The molecule has 0 saturated heterocycles. The highest BCUT2D eigenvalue weighted by atomic mass is 32.2. The van der Waals surface area contributed by atoms with Gasteiger partial charge in [-0.05, 0) is 62.8 Å². The third-order valence-electron chi connectivity index (χ3n) is 6.29. The van der Waals surface area contributed by atoms with E-state index in [1.165, 1.54) is 27.7 Å². The molecule has 5 rings (SSSR count). The number of aromatic nitrogens is 1. The van der Waals surface area contributed by atoms with E-state index in [2.05, 4.69) is 15.2 Å². The van der Waals surface area contributed by atoms with Crippen LogP contribution in [0.2, 0.25) is 0 Å². The minimum atomic E-state index is -0.456. The highest BCUT2D eigenvalue weighted by Gasteiger charge is 2.28. The van der Waals surface area contributed by atoms with Gasteiger partial charge in [0.15, 0.2) is 10.7 Å². The van der Waals surface area contributed by atoms with Crippen molar-refractivity contribution in [2.75, 3.05) is 18.1 Å². The summed E-state index contributed by atoms with van der Waals surface area (Å²) in [7, 11) is 0. The molecule has 1 amide bonds. The number of hydrogen-bond acceptors (Lipinski definition) is 9. The molecule has 0 atom stereocenters. The molecular formula is C26H25N5O4S2. The molecule has 190 valence electrons. The van der Waals surface area contributed by atoms with Gasteiger partial charge in [0.2, 0.25) is 0 Å². The Kier molecular flexibility index (Phi) is 7.07. The van der Waals surface area contributed by atoms with Gasteiger partial charge in [-0.15, -0.1) is 21.6 Å². The molecule has 2 N–H and O–H groups in total. The number of carbonyl (C=O) groups excluding carboxylic acids is 2. The zero-order valence-electron chi connectivity index (χ0n) is 20.4. The van der Waals surface area contributed by atoms with Crippen LogP contribution >= 0.6 is 23.1 Å². The number of para-hydroxylation sites is 1. The predicted octanol–water partition coefficient (Wildman–Crippen LogP) is 5.28. The lowest BCUT2D eigenvalue weighted by atomic mass is 9.95. The number of aliphatic imine (C=N–C) groups is 1. The Morgan fingerprint density at radius 1 is 1.16 bits per heavy atom. The quantitative estimate of drug-likeness (QED) is 0.338. The Bertz CT molecular complexity index is 1520. The number of rotatable bonds is 6. The number of esters is 1. The molecule has 0 spiro atoms. The van der Waals surface area contributed by atoms with Crippen molar-refractivity contribution in [3.8, 4) is 5.69 Å². The summed E-state index contributed by atoms with van der Waals surface area (Å²) in [5.74, 6) is -0.309. The Labute approximate surface area is 221 Å². The summed E-state index contributed by atoms with van der Waals surface area (Å²) >= 11 is 2.68. The maximum absolute atomic E-state index is 13.7. The Morgan fingerprint density at radius 3 is 2.62 bits per heavy atom. The standard InChI is InChI=1S/C26H25N5O4S2/c1-3-35-26(34)20-16-11-7-8-12-17(16)37-24(20)30-29-21-14(2)19(23-28-18(32)13-36-23)22(27)31(25(21)33)15-9-5-4-6-10-15/h4-6,9-10H,3,7-8,11-13,27H2,1-2H3. The van der Waals surface area contributed by atoms with E-state index in [0.29, 0.717) is 32.4 Å². The minimum absolute atomic E-state index is 0.0666. The second-order valence-corrected chi connectivity index (χ2v) is 10.7. The number of anilines is 1. The van der Waals surface area contributed by atoms with Gasteiger partial charge < -0.3 is 10.5 Å². The molecule has 0 unspecified atom stereocenters. The number of benzene rings is 1. The molecule has 9 nitrogen and oxygen atoms in total. The second-order valence-electron chi connectivity index (χ2n) is 8.62. The Morgan fingerprint density at radius 2 is 1.92 bits per heavy atom. The molecule has 0 saturated carbocycles. The zero-order chi connectivity index (χ0) is 26.1. The average molecular weight is 536 g/mol. The summed E-state index contributed by atoms with van der Waals surface area (Å²) in [6, 6.07) is 8.97. The van der Waals surface area contributed by atoms with Gasteiger partial charge in [0.25, 0.3) is 11.5 Å². The van der Waals surface area contributed by atoms with Gasteiger partial charge in [-0.1, -0.05) is 30.0 Å². The predicted molar refractivity (Wildman–Crippen MR) is 146 cm³/mol. The fraction of sp³-hybridized carbons (Fsp3) is 0.308. The normalized spacial score (nSPS) is 15.2. The number of aryl methyl sites for hydroxylation is 1. The number of thioether (sulfide) groups is 1. The molecule has 37 heavy (non-hydrogen) atoms. The van der Waals surface area contributed by atoms with Crippen LogP contribution in [0.15, 0.2) is 50.3 Å². The van der Waals surface area contributed by atoms with Crippen LogP contribution in [0.5, 0.6) is 0 Å². The van der Waals surface area contributed by atoms with Crippen molar-refractivity contribution in [2.45, 2.75) is 39.5 Å². The number of hydrogen-bond donors (Lipinski definition) is 1. The van der Waals surface area contributed by atoms with Gasteiger partial charge in [0.1, 0.15) is 16.4 Å². The van der Waals surface area contributed by atoms with Gasteiger partial charge in [-0.25, -0.2) is 9.79 Å². The SMILES string of the molecule is CCOC(=O)c1c(N=Nc2c(C)c(C3=NC(=O)CS3)c(N)n(-c3ccccc3)c2=O)sc2c1CCCC2. The van der Waals surface area contributed by atoms with Crippen molar-refractivity contribution in [1.82, 2.24) is 4.57 Å². The van der Waals surface area contributed by atoms with Crippen LogP contribution in [0.4, 0.5) is 16.5 Å². The molecule has 2 aliphatic rings. The first-order valence-electron chi connectivity index (χ1n) is 12.0. The fourth-order valence-electron chi connectivity index (χ4n) is 4.59. The zero-order valence-corrected chi connectivity index (χ0v) is 22.1. The number of pyridine rings is 1. The molecule has 0 radical (unpaired) electrons. The lowest BCUT2D eigenvalue weighted by Crippen LogP contribution is -2.25. The maximum Gasteiger partial charge on any atom is 0.341 e. The molecule has 0 fully saturated rings. The number of nitrogens with two attached hydrogens (primary N) is 1. The highest BCUT2D eigenvalue weighted by molar-refractivity contribution is 8.15. The van der Waals surface area contributed by atoms with Gasteiger partial charge in [0.05, 0.1) is 23.6 Å². The second kappa shape index (κ2) is 10.4. The molecule has 2 aromatic heterocycles. The number of thiophene rings is 1. The van der Waals surface area contributed by atoms with Gasteiger partial charge in [-0.2, -0.15) is 0 Å².